The van der Waals surface area contributed by atoms with Gasteiger partial charge in [-0.05, 0) is 19.4 Å². The third-order valence-corrected chi connectivity index (χ3v) is 3.39. The van der Waals surface area contributed by atoms with Crippen LogP contribution in [-0.4, -0.2) is 15.8 Å². The molecule has 19 heavy (non-hydrogen) atoms. The van der Waals surface area contributed by atoms with Crippen LogP contribution in [0.2, 0.25) is 0 Å². The van der Waals surface area contributed by atoms with Crippen molar-refractivity contribution in [1.29, 1.82) is 0 Å². The lowest BCUT2D eigenvalue weighted by Gasteiger charge is -2.09. The second kappa shape index (κ2) is 6.02. The van der Waals surface area contributed by atoms with E-state index in [9.17, 15) is 0 Å². The third kappa shape index (κ3) is 3.44. The van der Waals surface area contributed by atoms with Gasteiger partial charge in [0.05, 0.1) is 12.2 Å². The highest BCUT2D eigenvalue weighted by Crippen LogP contribution is 2.14. The Balaban J connectivity index is 2.16. The molecule has 0 saturated carbocycles. The molecule has 2 rings (SSSR count). The summed E-state index contributed by atoms with van der Waals surface area (Å²) in [5.74, 6) is 0. The zero-order valence-electron chi connectivity index (χ0n) is 12.3. The Hall–Kier alpha value is -1.61. The van der Waals surface area contributed by atoms with Crippen LogP contribution in [0.25, 0.3) is 0 Å². The summed E-state index contributed by atoms with van der Waals surface area (Å²) < 4.78 is 2.10. The SMILES string of the molecule is Cc1nn(Cc2ccccc2)c(C)c1CNC(C)C. The van der Waals surface area contributed by atoms with Crippen LogP contribution in [0, 0.1) is 13.8 Å². The van der Waals surface area contributed by atoms with Crippen LogP contribution in [0.3, 0.4) is 0 Å². The fourth-order valence-electron chi connectivity index (χ4n) is 2.21. The number of hydrogen-bond donors (Lipinski definition) is 1. The average Bonchev–Trinajstić information content (AvgIpc) is 2.63. The summed E-state index contributed by atoms with van der Waals surface area (Å²) in [7, 11) is 0. The number of nitrogens with zero attached hydrogens (tertiary/aromatic N) is 2. The van der Waals surface area contributed by atoms with Gasteiger partial charge in [0.25, 0.3) is 0 Å². The molecule has 0 radical (unpaired) electrons. The molecule has 0 saturated heterocycles. The number of hydrogen-bond acceptors (Lipinski definition) is 2. The predicted molar refractivity (Wildman–Crippen MR) is 79.2 cm³/mol. The van der Waals surface area contributed by atoms with E-state index in [1.54, 1.807) is 0 Å². The second-order valence-electron chi connectivity index (χ2n) is 5.33. The first-order chi connectivity index (χ1) is 9.08. The molecule has 0 spiro atoms. The van der Waals surface area contributed by atoms with E-state index in [1.807, 2.05) is 6.07 Å². The van der Waals surface area contributed by atoms with Crippen molar-refractivity contribution in [3.05, 3.63) is 52.8 Å². The minimum Gasteiger partial charge on any atom is -0.310 e. The summed E-state index contributed by atoms with van der Waals surface area (Å²) in [6.45, 7) is 10.3. The molecule has 0 unspecified atom stereocenters. The van der Waals surface area contributed by atoms with Crippen molar-refractivity contribution < 1.29 is 0 Å². The maximum absolute atomic E-state index is 4.66. The molecule has 1 heterocycles. The zero-order chi connectivity index (χ0) is 13.8. The number of nitrogens with one attached hydrogen (secondary N) is 1. The predicted octanol–water partition coefficient (Wildman–Crippen LogP) is 3.05. The first-order valence-electron chi connectivity index (χ1n) is 6.88. The van der Waals surface area contributed by atoms with E-state index in [0.717, 1.165) is 18.8 Å². The number of benzene rings is 1. The van der Waals surface area contributed by atoms with Gasteiger partial charge in [0.2, 0.25) is 0 Å². The Labute approximate surface area is 115 Å². The molecule has 2 aromatic rings. The fraction of sp³-hybridized carbons (Fsp3) is 0.438. The normalized spacial score (nSPS) is 11.2. The van der Waals surface area contributed by atoms with Gasteiger partial charge in [0, 0.05) is 23.8 Å². The minimum atomic E-state index is 0.497. The van der Waals surface area contributed by atoms with Gasteiger partial charge in [0.1, 0.15) is 0 Å². The van der Waals surface area contributed by atoms with Gasteiger partial charge in [-0.25, -0.2) is 0 Å². The highest BCUT2D eigenvalue weighted by Gasteiger charge is 2.11. The van der Waals surface area contributed by atoms with Crippen LogP contribution in [0.4, 0.5) is 0 Å². The molecule has 1 aromatic heterocycles. The molecule has 102 valence electrons. The van der Waals surface area contributed by atoms with E-state index >= 15 is 0 Å². The Morgan fingerprint density at radius 1 is 1.16 bits per heavy atom. The smallest absolute Gasteiger partial charge is 0.0662 e. The summed E-state index contributed by atoms with van der Waals surface area (Å²) in [5.41, 5.74) is 5.00. The largest absolute Gasteiger partial charge is 0.310 e. The van der Waals surface area contributed by atoms with Crippen LogP contribution in [0.5, 0.6) is 0 Å². The van der Waals surface area contributed by atoms with E-state index in [2.05, 4.69) is 67.1 Å². The van der Waals surface area contributed by atoms with E-state index in [-0.39, 0.29) is 0 Å². The molecule has 0 bridgehead atoms. The lowest BCUT2D eigenvalue weighted by atomic mass is 10.2. The lowest BCUT2D eigenvalue weighted by molar-refractivity contribution is 0.584. The van der Waals surface area contributed by atoms with Gasteiger partial charge >= 0.3 is 0 Å². The highest BCUT2D eigenvalue weighted by molar-refractivity contribution is 5.26. The van der Waals surface area contributed by atoms with Crippen LogP contribution in [0.1, 0.15) is 36.4 Å². The first kappa shape index (κ1) is 13.8. The summed E-state index contributed by atoms with van der Waals surface area (Å²) in [5, 5.41) is 8.13. The summed E-state index contributed by atoms with van der Waals surface area (Å²) in [6.07, 6.45) is 0. The molecule has 0 amide bonds. The van der Waals surface area contributed by atoms with E-state index in [4.69, 9.17) is 0 Å². The maximum atomic E-state index is 4.66. The molecular weight excluding hydrogens is 234 g/mol. The van der Waals surface area contributed by atoms with Crippen molar-refractivity contribution in [3.63, 3.8) is 0 Å². The van der Waals surface area contributed by atoms with Gasteiger partial charge in [-0.1, -0.05) is 44.2 Å². The summed E-state index contributed by atoms with van der Waals surface area (Å²) >= 11 is 0. The van der Waals surface area contributed by atoms with Crippen LogP contribution in [0.15, 0.2) is 30.3 Å². The van der Waals surface area contributed by atoms with Gasteiger partial charge < -0.3 is 5.32 Å². The average molecular weight is 257 g/mol. The van der Waals surface area contributed by atoms with Crippen molar-refractivity contribution >= 4 is 0 Å². The Bertz CT molecular complexity index is 526. The molecular formula is C16H23N3. The van der Waals surface area contributed by atoms with Crippen LogP contribution >= 0.6 is 0 Å². The lowest BCUT2D eigenvalue weighted by Crippen LogP contribution is -2.22. The summed E-state index contributed by atoms with van der Waals surface area (Å²) in [4.78, 5) is 0. The first-order valence-corrected chi connectivity index (χ1v) is 6.88. The second-order valence-corrected chi connectivity index (χ2v) is 5.33. The van der Waals surface area contributed by atoms with Crippen LogP contribution in [-0.2, 0) is 13.1 Å². The van der Waals surface area contributed by atoms with E-state index < -0.39 is 0 Å². The standard InChI is InChI=1S/C16H23N3/c1-12(2)17-10-16-13(3)18-19(14(16)4)11-15-8-6-5-7-9-15/h5-9,12,17H,10-11H2,1-4H3. The van der Waals surface area contributed by atoms with Crippen molar-refractivity contribution in [3.8, 4) is 0 Å². The topological polar surface area (TPSA) is 29.9 Å². The number of rotatable bonds is 5. The molecule has 0 fully saturated rings. The molecule has 0 aliphatic heterocycles. The Kier molecular flexibility index (Phi) is 4.38. The molecule has 1 N–H and O–H groups in total. The Morgan fingerprint density at radius 2 is 1.84 bits per heavy atom. The molecule has 3 heteroatoms. The monoisotopic (exact) mass is 257 g/mol. The molecule has 0 aliphatic carbocycles. The van der Waals surface area contributed by atoms with Gasteiger partial charge in [-0.15, -0.1) is 0 Å². The zero-order valence-corrected chi connectivity index (χ0v) is 12.3. The Morgan fingerprint density at radius 3 is 2.47 bits per heavy atom. The molecule has 0 aliphatic rings. The maximum Gasteiger partial charge on any atom is 0.0662 e. The van der Waals surface area contributed by atoms with Crippen molar-refractivity contribution in [2.45, 2.75) is 46.8 Å². The van der Waals surface area contributed by atoms with E-state index in [1.165, 1.54) is 16.8 Å². The van der Waals surface area contributed by atoms with Crippen molar-refractivity contribution in [1.82, 2.24) is 15.1 Å². The number of aryl methyl sites for hydroxylation is 1. The van der Waals surface area contributed by atoms with Crippen molar-refractivity contribution in [2.24, 2.45) is 0 Å². The number of aromatic nitrogens is 2. The highest BCUT2D eigenvalue weighted by atomic mass is 15.3. The summed E-state index contributed by atoms with van der Waals surface area (Å²) in [6, 6.07) is 11.0. The quantitative estimate of drug-likeness (QED) is 0.892. The third-order valence-electron chi connectivity index (χ3n) is 3.39. The van der Waals surface area contributed by atoms with Crippen LogP contribution < -0.4 is 5.32 Å². The van der Waals surface area contributed by atoms with Gasteiger partial charge in [-0.3, -0.25) is 4.68 Å². The molecule has 1 aromatic carbocycles. The molecule has 3 nitrogen and oxygen atoms in total. The van der Waals surface area contributed by atoms with Gasteiger partial charge in [0.15, 0.2) is 0 Å². The van der Waals surface area contributed by atoms with Gasteiger partial charge in [-0.2, -0.15) is 5.10 Å². The van der Waals surface area contributed by atoms with E-state index in [0.29, 0.717) is 6.04 Å². The fourth-order valence-corrected chi connectivity index (χ4v) is 2.21. The minimum absolute atomic E-state index is 0.497. The van der Waals surface area contributed by atoms with Crippen molar-refractivity contribution in [2.75, 3.05) is 0 Å². The molecule has 0 atom stereocenters.